The third kappa shape index (κ3) is 2.22. The first kappa shape index (κ1) is 13.7. The highest BCUT2D eigenvalue weighted by atomic mass is 19.1. The predicted molar refractivity (Wildman–Crippen MR) is 80.8 cm³/mol. The third-order valence-corrected chi connectivity index (χ3v) is 3.66. The van der Waals surface area contributed by atoms with Crippen molar-refractivity contribution in [3.05, 3.63) is 54.0 Å². The number of hydrogen-bond acceptors (Lipinski definition) is 5. The lowest BCUT2D eigenvalue weighted by molar-refractivity contribution is 0.174. The minimum absolute atomic E-state index is 0.161. The Bertz CT molecular complexity index is 878. The molecule has 23 heavy (non-hydrogen) atoms. The SMILES string of the molecule is NCc1nnn(-c2ccc3c(c2)OCO3)c1-c1ccccc1F. The zero-order chi connectivity index (χ0) is 15.8. The van der Waals surface area contributed by atoms with Crippen molar-refractivity contribution < 1.29 is 13.9 Å². The average Bonchev–Trinajstić information content (AvgIpc) is 3.20. The smallest absolute Gasteiger partial charge is 0.231 e. The molecule has 0 unspecified atom stereocenters. The van der Waals surface area contributed by atoms with Crippen LogP contribution in [0.4, 0.5) is 4.39 Å². The van der Waals surface area contributed by atoms with Crippen molar-refractivity contribution in [2.75, 3.05) is 6.79 Å². The topological polar surface area (TPSA) is 75.2 Å². The van der Waals surface area contributed by atoms with E-state index in [-0.39, 0.29) is 19.2 Å². The number of hydrogen-bond donors (Lipinski definition) is 1. The lowest BCUT2D eigenvalue weighted by Crippen LogP contribution is -2.03. The predicted octanol–water partition coefficient (Wildman–Crippen LogP) is 2.26. The molecule has 0 atom stereocenters. The molecule has 2 N–H and O–H groups in total. The fourth-order valence-electron chi connectivity index (χ4n) is 2.57. The van der Waals surface area contributed by atoms with Gasteiger partial charge in [-0.25, -0.2) is 9.07 Å². The second-order valence-corrected chi connectivity index (χ2v) is 5.02. The van der Waals surface area contributed by atoms with Crippen molar-refractivity contribution in [2.24, 2.45) is 5.73 Å². The Morgan fingerprint density at radius 3 is 2.78 bits per heavy atom. The molecule has 0 aliphatic carbocycles. The maximum absolute atomic E-state index is 14.2. The molecule has 0 bridgehead atoms. The van der Waals surface area contributed by atoms with Crippen LogP contribution in [0.15, 0.2) is 42.5 Å². The summed E-state index contributed by atoms with van der Waals surface area (Å²) in [6.07, 6.45) is 0. The van der Waals surface area contributed by atoms with E-state index in [4.69, 9.17) is 15.2 Å². The van der Waals surface area contributed by atoms with Gasteiger partial charge in [0.2, 0.25) is 6.79 Å². The molecule has 3 aromatic rings. The fourth-order valence-corrected chi connectivity index (χ4v) is 2.57. The molecule has 0 radical (unpaired) electrons. The summed E-state index contributed by atoms with van der Waals surface area (Å²) < 4.78 is 26.5. The quantitative estimate of drug-likeness (QED) is 0.803. The summed E-state index contributed by atoms with van der Waals surface area (Å²) in [5.74, 6) is 0.929. The van der Waals surface area contributed by atoms with Crippen molar-refractivity contribution in [1.82, 2.24) is 15.0 Å². The minimum Gasteiger partial charge on any atom is -0.454 e. The summed E-state index contributed by atoms with van der Waals surface area (Å²) in [5.41, 5.74) is 7.88. The molecule has 2 heterocycles. The van der Waals surface area contributed by atoms with Gasteiger partial charge in [0.25, 0.3) is 0 Å². The van der Waals surface area contributed by atoms with Gasteiger partial charge in [-0.1, -0.05) is 17.3 Å². The van der Waals surface area contributed by atoms with Crippen LogP contribution in [-0.4, -0.2) is 21.8 Å². The van der Waals surface area contributed by atoms with Gasteiger partial charge in [0.1, 0.15) is 17.2 Å². The molecule has 0 spiro atoms. The minimum atomic E-state index is -0.355. The van der Waals surface area contributed by atoms with Crippen LogP contribution in [0.3, 0.4) is 0 Å². The van der Waals surface area contributed by atoms with E-state index in [1.807, 2.05) is 6.07 Å². The molecule has 0 fully saturated rings. The van der Waals surface area contributed by atoms with E-state index in [0.29, 0.717) is 34.1 Å². The number of benzene rings is 2. The van der Waals surface area contributed by atoms with Crippen LogP contribution < -0.4 is 15.2 Å². The van der Waals surface area contributed by atoms with Crippen LogP contribution in [0.1, 0.15) is 5.69 Å². The van der Waals surface area contributed by atoms with Crippen LogP contribution >= 0.6 is 0 Å². The Morgan fingerprint density at radius 1 is 1.13 bits per heavy atom. The largest absolute Gasteiger partial charge is 0.454 e. The average molecular weight is 312 g/mol. The van der Waals surface area contributed by atoms with Gasteiger partial charge >= 0.3 is 0 Å². The van der Waals surface area contributed by atoms with E-state index >= 15 is 0 Å². The summed E-state index contributed by atoms with van der Waals surface area (Å²) in [5, 5.41) is 8.20. The van der Waals surface area contributed by atoms with E-state index in [1.54, 1.807) is 35.0 Å². The van der Waals surface area contributed by atoms with Crippen LogP contribution in [0.25, 0.3) is 16.9 Å². The lowest BCUT2D eigenvalue weighted by Gasteiger charge is -2.09. The molecular weight excluding hydrogens is 299 g/mol. The lowest BCUT2D eigenvalue weighted by atomic mass is 10.1. The van der Waals surface area contributed by atoms with Crippen LogP contribution in [0.5, 0.6) is 11.5 Å². The van der Waals surface area contributed by atoms with Crippen molar-refractivity contribution in [2.45, 2.75) is 6.54 Å². The highest BCUT2D eigenvalue weighted by Crippen LogP contribution is 2.35. The normalized spacial score (nSPS) is 12.6. The molecule has 4 rings (SSSR count). The van der Waals surface area contributed by atoms with Crippen molar-refractivity contribution in [1.29, 1.82) is 0 Å². The Morgan fingerprint density at radius 2 is 1.96 bits per heavy atom. The standard InChI is InChI=1S/C16H13FN4O2/c17-12-4-2-1-3-11(12)16-13(8-18)19-20-21(16)10-5-6-14-15(7-10)23-9-22-14/h1-7H,8-9,18H2. The Balaban J connectivity index is 1.90. The van der Waals surface area contributed by atoms with Crippen molar-refractivity contribution in [3.63, 3.8) is 0 Å². The van der Waals surface area contributed by atoms with Crippen molar-refractivity contribution in [3.8, 4) is 28.4 Å². The molecule has 1 aliphatic rings. The van der Waals surface area contributed by atoms with Gasteiger partial charge in [-0.2, -0.15) is 0 Å². The van der Waals surface area contributed by atoms with E-state index in [2.05, 4.69) is 10.3 Å². The Kier molecular flexibility index (Phi) is 3.20. The summed E-state index contributed by atoms with van der Waals surface area (Å²) >= 11 is 0. The maximum atomic E-state index is 14.2. The summed E-state index contributed by atoms with van der Waals surface area (Å²) in [6.45, 7) is 0.346. The van der Waals surface area contributed by atoms with Gasteiger partial charge in [0.05, 0.1) is 5.69 Å². The first-order chi connectivity index (χ1) is 11.3. The zero-order valence-corrected chi connectivity index (χ0v) is 12.1. The molecule has 0 amide bonds. The number of rotatable bonds is 3. The molecule has 2 aromatic carbocycles. The number of ether oxygens (including phenoxy) is 2. The number of fused-ring (bicyclic) bond motifs is 1. The van der Waals surface area contributed by atoms with Gasteiger partial charge in [0.15, 0.2) is 11.5 Å². The second-order valence-electron chi connectivity index (χ2n) is 5.02. The summed E-state index contributed by atoms with van der Waals surface area (Å²) in [6, 6.07) is 11.8. The number of nitrogens with zero attached hydrogens (tertiary/aromatic N) is 3. The van der Waals surface area contributed by atoms with Crippen molar-refractivity contribution >= 4 is 0 Å². The van der Waals surface area contributed by atoms with Gasteiger partial charge in [-0.3, -0.25) is 0 Å². The fraction of sp³-hybridized carbons (Fsp3) is 0.125. The monoisotopic (exact) mass is 312 g/mol. The molecular formula is C16H13FN4O2. The first-order valence-electron chi connectivity index (χ1n) is 7.07. The van der Waals surface area contributed by atoms with Crippen LogP contribution in [0.2, 0.25) is 0 Å². The number of aromatic nitrogens is 3. The Hall–Kier alpha value is -2.93. The van der Waals surface area contributed by atoms with Gasteiger partial charge in [0, 0.05) is 18.2 Å². The summed E-state index contributed by atoms with van der Waals surface area (Å²) in [7, 11) is 0. The molecule has 1 aliphatic heterocycles. The summed E-state index contributed by atoms with van der Waals surface area (Å²) in [4.78, 5) is 0. The molecule has 1 aromatic heterocycles. The number of halogens is 1. The van der Waals surface area contributed by atoms with Crippen LogP contribution in [-0.2, 0) is 6.54 Å². The van der Waals surface area contributed by atoms with E-state index in [1.165, 1.54) is 6.07 Å². The maximum Gasteiger partial charge on any atom is 0.231 e. The van der Waals surface area contributed by atoms with Gasteiger partial charge < -0.3 is 15.2 Å². The zero-order valence-electron chi connectivity index (χ0n) is 12.1. The highest BCUT2D eigenvalue weighted by Gasteiger charge is 2.20. The molecule has 7 heteroatoms. The molecule has 0 saturated heterocycles. The first-order valence-corrected chi connectivity index (χ1v) is 7.07. The Labute approximate surface area is 131 Å². The van der Waals surface area contributed by atoms with Crippen LogP contribution in [0, 0.1) is 5.82 Å². The van der Waals surface area contributed by atoms with E-state index in [9.17, 15) is 4.39 Å². The highest BCUT2D eigenvalue weighted by molar-refractivity contribution is 5.65. The molecule has 6 nitrogen and oxygen atoms in total. The molecule has 0 saturated carbocycles. The molecule has 116 valence electrons. The van der Waals surface area contributed by atoms with Gasteiger partial charge in [-0.15, -0.1) is 5.10 Å². The van der Waals surface area contributed by atoms with Gasteiger partial charge in [-0.05, 0) is 24.3 Å². The second kappa shape index (κ2) is 5.36. The van der Waals surface area contributed by atoms with E-state index < -0.39 is 0 Å². The van der Waals surface area contributed by atoms with E-state index in [0.717, 1.165) is 0 Å². The number of nitrogens with two attached hydrogens (primary N) is 1. The third-order valence-electron chi connectivity index (χ3n) is 3.66.